The summed E-state index contributed by atoms with van der Waals surface area (Å²) in [6, 6.07) is 0.250. The molecule has 3 nitrogen and oxygen atoms in total. The highest BCUT2D eigenvalue weighted by Crippen LogP contribution is 2.16. The van der Waals surface area contributed by atoms with E-state index in [-0.39, 0.29) is 6.04 Å². The summed E-state index contributed by atoms with van der Waals surface area (Å²) in [7, 11) is -0.710. The fraction of sp³-hybridized carbons (Fsp3) is 1.00. The molecule has 1 aliphatic heterocycles. The second-order valence-electron chi connectivity index (χ2n) is 3.97. The summed E-state index contributed by atoms with van der Waals surface area (Å²) in [6.07, 6.45) is 3.02. The van der Waals surface area contributed by atoms with E-state index in [1.54, 1.807) is 0 Å². The largest absolute Gasteiger partial charge is 0.302 e. The molecule has 0 radical (unpaired) electrons. The van der Waals surface area contributed by atoms with Crippen LogP contribution in [0.15, 0.2) is 0 Å². The summed E-state index contributed by atoms with van der Waals surface area (Å²) in [5, 5.41) is 0. The smallest absolute Gasteiger partial charge is 0.151 e. The summed E-state index contributed by atoms with van der Waals surface area (Å²) in [6.45, 7) is 0.987. The lowest BCUT2D eigenvalue weighted by Gasteiger charge is -2.22. The molecule has 1 atom stereocenters. The van der Waals surface area contributed by atoms with E-state index >= 15 is 0 Å². The fourth-order valence-corrected chi connectivity index (χ4v) is 3.81. The van der Waals surface area contributed by atoms with Crippen LogP contribution in [0.4, 0.5) is 0 Å². The van der Waals surface area contributed by atoms with Crippen LogP contribution in [-0.2, 0) is 9.84 Å². The fourth-order valence-electron chi connectivity index (χ4n) is 1.78. The van der Waals surface area contributed by atoms with Gasteiger partial charge in [0.2, 0.25) is 0 Å². The van der Waals surface area contributed by atoms with Crippen molar-refractivity contribution >= 4 is 22.5 Å². The first kappa shape index (κ1) is 12.3. The topological polar surface area (TPSA) is 37.4 Å². The monoisotopic (exact) mass is 237 g/mol. The zero-order valence-electron chi connectivity index (χ0n) is 8.65. The molecule has 0 saturated carbocycles. The number of hydrogen-bond donors (Lipinski definition) is 1. The van der Waals surface area contributed by atoms with Gasteiger partial charge in [-0.1, -0.05) is 0 Å². The van der Waals surface area contributed by atoms with Crippen LogP contribution in [0.25, 0.3) is 0 Å². The van der Waals surface area contributed by atoms with Gasteiger partial charge in [-0.3, -0.25) is 0 Å². The molecule has 84 valence electrons. The SMILES string of the molecule is CN(CCCCS)C1CCS(=O)(=O)C1. The van der Waals surface area contributed by atoms with Gasteiger partial charge in [-0.05, 0) is 38.6 Å². The Morgan fingerprint density at radius 1 is 1.43 bits per heavy atom. The third-order valence-electron chi connectivity index (χ3n) is 2.75. The lowest BCUT2D eigenvalue weighted by molar-refractivity contribution is 0.258. The first-order valence-corrected chi connectivity index (χ1v) is 7.52. The van der Waals surface area contributed by atoms with E-state index in [4.69, 9.17) is 0 Å². The van der Waals surface area contributed by atoms with E-state index in [1.165, 1.54) is 0 Å². The summed E-state index contributed by atoms with van der Waals surface area (Å²) >= 11 is 4.15. The van der Waals surface area contributed by atoms with Crippen LogP contribution in [0.1, 0.15) is 19.3 Å². The molecule has 1 heterocycles. The van der Waals surface area contributed by atoms with Crippen LogP contribution in [0.5, 0.6) is 0 Å². The van der Waals surface area contributed by atoms with E-state index < -0.39 is 9.84 Å². The predicted molar refractivity (Wildman–Crippen MR) is 62.8 cm³/mol. The molecule has 14 heavy (non-hydrogen) atoms. The Bertz CT molecular complexity index is 264. The number of thiol groups is 1. The zero-order chi connectivity index (χ0) is 10.6. The maximum atomic E-state index is 11.2. The second-order valence-corrected chi connectivity index (χ2v) is 6.64. The molecule has 0 aliphatic carbocycles. The van der Waals surface area contributed by atoms with Gasteiger partial charge in [0.1, 0.15) is 0 Å². The highest BCUT2D eigenvalue weighted by molar-refractivity contribution is 7.91. The molecular weight excluding hydrogens is 218 g/mol. The van der Waals surface area contributed by atoms with Gasteiger partial charge in [0.05, 0.1) is 11.5 Å². The van der Waals surface area contributed by atoms with Crippen molar-refractivity contribution in [3.8, 4) is 0 Å². The lowest BCUT2D eigenvalue weighted by Crippen LogP contribution is -2.33. The number of sulfone groups is 1. The van der Waals surface area contributed by atoms with Gasteiger partial charge in [0.25, 0.3) is 0 Å². The molecule has 1 rings (SSSR count). The zero-order valence-corrected chi connectivity index (χ0v) is 10.4. The van der Waals surface area contributed by atoms with Gasteiger partial charge < -0.3 is 4.90 Å². The standard InChI is InChI=1S/C9H19NO2S2/c1-10(5-2-3-6-13)9-4-7-14(11,12)8-9/h9,13H,2-8H2,1H3. The van der Waals surface area contributed by atoms with E-state index in [1.807, 2.05) is 7.05 Å². The highest BCUT2D eigenvalue weighted by Gasteiger charge is 2.30. The van der Waals surface area contributed by atoms with Crippen LogP contribution in [-0.4, -0.2) is 50.2 Å². The normalized spacial score (nSPS) is 25.8. The Balaban J connectivity index is 2.29. The van der Waals surface area contributed by atoms with Crippen molar-refractivity contribution in [1.29, 1.82) is 0 Å². The van der Waals surface area contributed by atoms with Gasteiger partial charge in [-0.25, -0.2) is 8.42 Å². The third kappa shape index (κ3) is 3.79. The number of hydrogen-bond acceptors (Lipinski definition) is 4. The molecular formula is C9H19NO2S2. The molecule has 0 amide bonds. The van der Waals surface area contributed by atoms with Crippen molar-refractivity contribution in [2.75, 3.05) is 30.9 Å². The first-order chi connectivity index (χ1) is 6.55. The van der Waals surface area contributed by atoms with E-state index in [0.29, 0.717) is 11.5 Å². The Labute approximate surface area is 92.2 Å². The first-order valence-electron chi connectivity index (χ1n) is 5.07. The number of unbranched alkanes of at least 4 members (excludes halogenated alkanes) is 1. The minimum Gasteiger partial charge on any atom is -0.302 e. The van der Waals surface area contributed by atoms with Crippen LogP contribution in [0.2, 0.25) is 0 Å². The van der Waals surface area contributed by atoms with Crippen LogP contribution in [0.3, 0.4) is 0 Å². The van der Waals surface area contributed by atoms with E-state index in [2.05, 4.69) is 17.5 Å². The van der Waals surface area contributed by atoms with Crippen molar-refractivity contribution in [3.63, 3.8) is 0 Å². The minimum atomic E-state index is -2.73. The molecule has 0 spiro atoms. The second kappa shape index (κ2) is 5.37. The van der Waals surface area contributed by atoms with Crippen molar-refractivity contribution in [1.82, 2.24) is 4.90 Å². The Kier molecular flexibility index (Phi) is 4.73. The van der Waals surface area contributed by atoms with Crippen LogP contribution in [0, 0.1) is 0 Å². The van der Waals surface area contributed by atoms with Crippen molar-refractivity contribution < 1.29 is 8.42 Å². The van der Waals surface area contributed by atoms with Crippen molar-refractivity contribution in [2.45, 2.75) is 25.3 Å². The lowest BCUT2D eigenvalue weighted by atomic mass is 10.2. The van der Waals surface area contributed by atoms with Gasteiger partial charge in [0.15, 0.2) is 9.84 Å². The molecule has 0 aromatic carbocycles. The van der Waals surface area contributed by atoms with Gasteiger partial charge >= 0.3 is 0 Å². The predicted octanol–water partition coefficient (Wildman–Crippen LogP) is 0.815. The third-order valence-corrected chi connectivity index (χ3v) is 4.82. The molecule has 1 saturated heterocycles. The Hall–Kier alpha value is 0.260. The molecule has 5 heteroatoms. The molecule has 0 bridgehead atoms. The molecule has 0 aromatic rings. The average Bonchev–Trinajstić information content (AvgIpc) is 2.46. The van der Waals surface area contributed by atoms with Gasteiger partial charge in [-0.2, -0.15) is 12.6 Å². The summed E-state index contributed by atoms with van der Waals surface area (Å²) < 4.78 is 22.5. The van der Waals surface area contributed by atoms with Crippen LogP contribution >= 0.6 is 12.6 Å². The average molecular weight is 237 g/mol. The van der Waals surface area contributed by atoms with Crippen LogP contribution < -0.4 is 0 Å². The summed E-state index contributed by atoms with van der Waals surface area (Å²) in [5.74, 6) is 1.63. The number of rotatable bonds is 5. The molecule has 1 unspecified atom stereocenters. The van der Waals surface area contributed by atoms with E-state index in [9.17, 15) is 8.42 Å². The molecule has 1 fully saturated rings. The van der Waals surface area contributed by atoms with Crippen molar-refractivity contribution in [3.05, 3.63) is 0 Å². The maximum Gasteiger partial charge on any atom is 0.151 e. The van der Waals surface area contributed by atoms with Gasteiger partial charge in [0, 0.05) is 6.04 Å². The maximum absolute atomic E-state index is 11.2. The summed E-state index contributed by atoms with van der Waals surface area (Å²) in [5.41, 5.74) is 0. The van der Waals surface area contributed by atoms with E-state index in [0.717, 1.165) is 31.6 Å². The van der Waals surface area contributed by atoms with Crippen molar-refractivity contribution in [2.24, 2.45) is 0 Å². The molecule has 0 N–H and O–H groups in total. The number of nitrogens with zero attached hydrogens (tertiary/aromatic N) is 1. The minimum absolute atomic E-state index is 0.250. The highest BCUT2D eigenvalue weighted by atomic mass is 32.2. The Morgan fingerprint density at radius 3 is 2.64 bits per heavy atom. The van der Waals surface area contributed by atoms with Gasteiger partial charge in [-0.15, -0.1) is 0 Å². The molecule has 1 aliphatic rings. The quantitative estimate of drug-likeness (QED) is 0.568. The Morgan fingerprint density at radius 2 is 2.14 bits per heavy atom. The summed E-state index contributed by atoms with van der Waals surface area (Å²) in [4.78, 5) is 2.17. The molecule has 0 aromatic heterocycles.